The Morgan fingerprint density at radius 2 is 0.951 bits per heavy atom. The summed E-state index contributed by atoms with van der Waals surface area (Å²) in [5.41, 5.74) is 11.0. The molecule has 0 amide bonds. The Hall–Kier alpha value is -5.47. The van der Waals surface area contributed by atoms with Crippen molar-refractivity contribution in [1.29, 1.82) is 0 Å². The van der Waals surface area contributed by atoms with Gasteiger partial charge >= 0.3 is 0 Å². The molecule has 2 aromatic heterocycles. The van der Waals surface area contributed by atoms with Gasteiger partial charge in [0, 0.05) is 34.3 Å². The van der Waals surface area contributed by atoms with Crippen LogP contribution in [0, 0.1) is 0 Å². The number of furan rings is 1. The molecule has 0 fully saturated rings. The van der Waals surface area contributed by atoms with E-state index in [4.69, 9.17) is 4.42 Å². The lowest BCUT2D eigenvalue weighted by molar-refractivity contribution is 0.671. The van der Waals surface area contributed by atoms with Crippen molar-refractivity contribution in [2.45, 2.75) is 0 Å². The van der Waals surface area contributed by atoms with Crippen LogP contribution in [0.3, 0.4) is 0 Å². The number of nitrogens with zero attached hydrogens (tertiary/aromatic N) is 1. The van der Waals surface area contributed by atoms with Crippen molar-refractivity contribution in [3.63, 3.8) is 0 Å². The van der Waals surface area contributed by atoms with Crippen LogP contribution in [0.1, 0.15) is 0 Å². The summed E-state index contributed by atoms with van der Waals surface area (Å²) < 4.78 is 6.69. The van der Waals surface area contributed by atoms with Crippen molar-refractivity contribution in [3.05, 3.63) is 152 Å². The SMILES string of the molecule is c1cncc(-c2ccc(-c3cccc4c3oc3c(-c5ccc(-c6ccc7ccccc7c6)cc5)cccc34)cc2)c1. The van der Waals surface area contributed by atoms with Gasteiger partial charge in [-0.25, -0.2) is 0 Å². The summed E-state index contributed by atoms with van der Waals surface area (Å²) in [4.78, 5) is 4.26. The largest absolute Gasteiger partial charge is 0.455 e. The molecule has 0 aliphatic heterocycles. The van der Waals surface area contributed by atoms with E-state index >= 15 is 0 Å². The normalized spacial score (nSPS) is 11.4. The molecule has 6 aromatic carbocycles. The fraction of sp³-hybridized carbons (Fsp3) is 0. The molecule has 2 heteroatoms. The minimum Gasteiger partial charge on any atom is -0.455 e. The number of rotatable bonds is 4. The fourth-order valence-corrected chi connectivity index (χ4v) is 5.86. The second kappa shape index (κ2) is 9.62. The van der Waals surface area contributed by atoms with Gasteiger partial charge in [0.25, 0.3) is 0 Å². The van der Waals surface area contributed by atoms with Crippen LogP contribution in [0.4, 0.5) is 0 Å². The Balaban J connectivity index is 1.19. The van der Waals surface area contributed by atoms with Crippen LogP contribution in [0.2, 0.25) is 0 Å². The second-order valence-corrected chi connectivity index (χ2v) is 10.4. The van der Waals surface area contributed by atoms with E-state index in [0.717, 1.165) is 55.3 Å². The maximum absolute atomic E-state index is 6.69. The molecule has 0 saturated heterocycles. The number of hydrogen-bond donors (Lipinski definition) is 0. The topological polar surface area (TPSA) is 26.0 Å². The van der Waals surface area contributed by atoms with Crippen LogP contribution in [-0.2, 0) is 0 Å². The first-order valence-corrected chi connectivity index (χ1v) is 13.9. The molecule has 41 heavy (non-hydrogen) atoms. The lowest BCUT2D eigenvalue weighted by Gasteiger charge is -2.07. The molecule has 0 aliphatic carbocycles. The van der Waals surface area contributed by atoms with Gasteiger partial charge in [0.2, 0.25) is 0 Å². The summed E-state index contributed by atoms with van der Waals surface area (Å²) >= 11 is 0. The number of pyridine rings is 1. The minimum absolute atomic E-state index is 0.914. The zero-order chi connectivity index (χ0) is 27.2. The highest BCUT2D eigenvalue weighted by Crippen LogP contribution is 2.40. The highest BCUT2D eigenvalue weighted by atomic mass is 16.3. The third kappa shape index (κ3) is 4.09. The monoisotopic (exact) mass is 523 g/mol. The van der Waals surface area contributed by atoms with Crippen molar-refractivity contribution in [1.82, 2.24) is 4.98 Å². The fourth-order valence-electron chi connectivity index (χ4n) is 5.86. The quantitative estimate of drug-likeness (QED) is 0.229. The van der Waals surface area contributed by atoms with Crippen molar-refractivity contribution in [2.24, 2.45) is 0 Å². The van der Waals surface area contributed by atoms with Crippen LogP contribution in [0.5, 0.6) is 0 Å². The second-order valence-electron chi connectivity index (χ2n) is 10.4. The van der Waals surface area contributed by atoms with Crippen LogP contribution in [-0.4, -0.2) is 4.98 Å². The highest BCUT2D eigenvalue weighted by molar-refractivity contribution is 6.13. The van der Waals surface area contributed by atoms with Gasteiger partial charge in [0.05, 0.1) is 0 Å². The minimum atomic E-state index is 0.914. The number of hydrogen-bond acceptors (Lipinski definition) is 2. The summed E-state index contributed by atoms with van der Waals surface area (Å²) in [7, 11) is 0. The van der Waals surface area contributed by atoms with E-state index in [9.17, 15) is 0 Å². The highest BCUT2D eigenvalue weighted by Gasteiger charge is 2.16. The van der Waals surface area contributed by atoms with E-state index < -0.39 is 0 Å². The van der Waals surface area contributed by atoms with Gasteiger partial charge in [-0.05, 0) is 56.3 Å². The summed E-state index contributed by atoms with van der Waals surface area (Å²) in [6.45, 7) is 0. The van der Waals surface area contributed by atoms with Crippen molar-refractivity contribution < 1.29 is 4.42 Å². The van der Waals surface area contributed by atoms with Gasteiger partial charge in [-0.1, -0.05) is 127 Å². The van der Waals surface area contributed by atoms with E-state index in [-0.39, 0.29) is 0 Å². The van der Waals surface area contributed by atoms with Gasteiger partial charge in [0.1, 0.15) is 11.2 Å². The molecular weight excluding hydrogens is 498 g/mol. The zero-order valence-corrected chi connectivity index (χ0v) is 22.3. The Morgan fingerprint density at radius 1 is 0.390 bits per heavy atom. The lowest BCUT2D eigenvalue weighted by atomic mass is 9.97. The predicted molar refractivity (Wildman–Crippen MR) is 171 cm³/mol. The molecule has 8 aromatic rings. The van der Waals surface area contributed by atoms with E-state index in [1.807, 2.05) is 12.3 Å². The summed E-state index contributed by atoms with van der Waals surface area (Å²) in [5.74, 6) is 0. The average Bonchev–Trinajstić information content (AvgIpc) is 3.44. The van der Waals surface area contributed by atoms with E-state index in [2.05, 4.69) is 138 Å². The third-order valence-electron chi connectivity index (χ3n) is 7.99. The molecule has 0 bridgehead atoms. The summed E-state index contributed by atoms with van der Waals surface area (Å²) in [6.07, 6.45) is 3.69. The molecule has 0 aliphatic rings. The number of fused-ring (bicyclic) bond motifs is 4. The molecule has 8 rings (SSSR count). The van der Waals surface area contributed by atoms with E-state index in [1.165, 1.54) is 21.9 Å². The zero-order valence-electron chi connectivity index (χ0n) is 22.3. The predicted octanol–water partition coefficient (Wildman–Crippen LogP) is 10.8. The Labute approximate surface area is 238 Å². The van der Waals surface area contributed by atoms with E-state index in [1.54, 1.807) is 6.20 Å². The van der Waals surface area contributed by atoms with Gasteiger partial charge in [0.15, 0.2) is 0 Å². The maximum atomic E-state index is 6.69. The van der Waals surface area contributed by atoms with Crippen molar-refractivity contribution in [2.75, 3.05) is 0 Å². The van der Waals surface area contributed by atoms with Gasteiger partial charge in [-0.2, -0.15) is 0 Å². The standard InChI is InChI=1S/C39H25NO/c1-2-7-31-24-32(22-17-26(31)6-1)27-13-18-29(19-14-27)34-9-3-11-36-37-12-4-10-35(39(37)41-38(34)36)30-20-15-28(16-21-30)33-8-5-23-40-25-33/h1-25H. The van der Waals surface area contributed by atoms with Crippen molar-refractivity contribution in [3.8, 4) is 44.5 Å². The van der Waals surface area contributed by atoms with Gasteiger partial charge in [-0.3, -0.25) is 4.98 Å². The van der Waals surface area contributed by atoms with Crippen LogP contribution < -0.4 is 0 Å². The summed E-state index contributed by atoms with van der Waals surface area (Å²) in [6, 6.07) is 49.5. The Morgan fingerprint density at radius 3 is 1.56 bits per heavy atom. The summed E-state index contributed by atoms with van der Waals surface area (Å²) in [5, 5.41) is 4.77. The smallest absolute Gasteiger partial charge is 0.143 e. The average molecular weight is 524 g/mol. The molecule has 0 unspecified atom stereocenters. The lowest BCUT2D eigenvalue weighted by Crippen LogP contribution is -1.82. The van der Waals surface area contributed by atoms with Crippen LogP contribution >= 0.6 is 0 Å². The van der Waals surface area contributed by atoms with Crippen molar-refractivity contribution >= 4 is 32.7 Å². The van der Waals surface area contributed by atoms with Crippen LogP contribution in [0.15, 0.2) is 156 Å². The number of benzene rings is 6. The first-order chi connectivity index (χ1) is 20.3. The molecule has 192 valence electrons. The Kier molecular flexibility index (Phi) is 5.49. The molecule has 0 saturated carbocycles. The first kappa shape index (κ1) is 23.4. The third-order valence-corrected chi connectivity index (χ3v) is 7.99. The molecule has 2 nitrogen and oxygen atoms in total. The number of aromatic nitrogens is 1. The molecule has 0 spiro atoms. The molecular formula is C39H25NO. The molecule has 0 N–H and O–H groups in total. The van der Waals surface area contributed by atoms with E-state index in [0.29, 0.717) is 0 Å². The first-order valence-electron chi connectivity index (χ1n) is 13.9. The Bertz CT molecular complexity index is 2170. The van der Waals surface area contributed by atoms with Gasteiger partial charge in [-0.15, -0.1) is 0 Å². The molecule has 0 radical (unpaired) electrons. The molecule has 2 heterocycles. The number of para-hydroxylation sites is 2. The molecule has 0 atom stereocenters. The van der Waals surface area contributed by atoms with Gasteiger partial charge < -0.3 is 4.42 Å². The van der Waals surface area contributed by atoms with Crippen LogP contribution in [0.25, 0.3) is 77.2 Å². The maximum Gasteiger partial charge on any atom is 0.143 e.